The molecular formula is C33H21N3. The Morgan fingerprint density at radius 3 is 1.86 bits per heavy atom. The molecule has 7 rings (SSSR count). The Hall–Kier alpha value is -4.89. The molecular weight excluding hydrogens is 438 g/mol. The van der Waals surface area contributed by atoms with Crippen molar-refractivity contribution in [1.82, 2.24) is 15.0 Å². The average molecular weight is 460 g/mol. The van der Waals surface area contributed by atoms with Crippen LogP contribution in [0.25, 0.3) is 66.2 Å². The highest BCUT2D eigenvalue weighted by molar-refractivity contribution is 5.97. The topological polar surface area (TPSA) is 38.7 Å². The maximum absolute atomic E-state index is 5.08. The summed E-state index contributed by atoms with van der Waals surface area (Å²) in [6.45, 7) is 0. The first kappa shape index (κ1) is 20.5. The fraction of sp³-hybridized carbons (Fsp3) is 0. The lowest BCUT2D eigenvalue weighted by atomic mass is 9.99. The number of hydrogen-bond donors (Lipinski definition) is 0. The third kappa shape index (κ3) is 3.58. The standard InChI is InChI=1S/C33H21N3/c1-2-8-28-22(5-1)6-3-9-29(28)31-17-15-24-11-13-26(20-33(24)36-31)25-12-10-23-14-16-30(35-32(23)19-25)27-7-4-18-34-21-27/h1-21H. The minimum atomic E-state index is 0.924. The molecule has 0 radical (unpaired) electrons. The van der Waals surface area contributed by atoms with E-state index < -0.39 is 0 Å². The van der Waals surface area contributed by atoms with E-state index in [0.29, 0.717) is 0 Å². The van der Waals surface area contributed by atoms with Gasteiger partial charge >= 0.3 is 0 Å². The Morgan fingerprint density at radius 2 is 1.11 bits per heavy atom. The highest BCUT2D eigenvalue weighted by atomic mass is 14.7. The van der Waals surface area contributed by atoms with Crippen molar-refractivity contribution in [2.45, 2.75) is 0 Å². The number of benzene rings is 4. The predicted octanol–water partition coefficient (Wildman–Crippen LogP) is 8.33. The molecule has 0 saturated heterocycles. The molecule has 4 aromatic carbocycles. The summed E-state index contributed by atoms with van der Waals surface area (Å²) in [5.41, 5.74) is 8.27. The van der Waals surface area contributed by atoms with Crippen LogP contribution in [-0.2, 0) is 0 Å². The monoisotopic (exact) mass is 459 g/mol. The predicted molar refractivity (Wildman–Crippen MR) is 149 cm³/mol. The van der Waals surface area contributed by atoms with Crippen molar-refractivity contribution in [2.24, 2.45) is 0 Å². The molecule has 36 heavy (non-hydrogen) atoms. The molecule has 0 aliphatic rings. The lowest BCUT2D eigenvalue weighted by molar-refractivity contribution is 1.30. The first-order valence-corrected chi connectivity index (χ1v) is 12.0. The molecule has 0 spiro atoms. The van der Waals surface area contributed by atoms with Gasteiger partial charge in [0, 0.05) is 34.3 Å². The fourth-order valence-electron chi connectivity index (χ4n) is 4.87. The van der Waals surface area contributed by atoms with E-state index in [2.05, 4.69) is 102 Å². The van der Waals surface area contributed by atoms with E-state index >= 15 is 0 Å². The minimum absolute atomic E-state index is 0.924. The molecule has 3 aromatic heterocycles. The van der Waals surface area contributed by atoms with E-state index in [1.165, 1.54) is 10.8 Å². The Kier molecular flexibility index (Phi) is 4.78. The van der Waals surface area contributed by atoms with E-state index in [4.69, 9.17) is 9.97 Å². The van der Waals surface area contributed by atoms with Crippen molar-refractivity contribution in [2.75, 3.05) is 0 Å². The van der Waals surface area contributed by atoms with Gasteiger partial charge in [0.2, 0.25) is 0 Å². The van der Waals surface area contributed by atoms with Crippen LogP contribution < -0.4 is 0 Å². The molecule has 0 atom stereocenters. The molecule has 0 amide bonds. The van der Waals surface area contributed by atoms with Crippen LogP contribution in [0.2, 0.25) is 0 Å². The van der Waals surface area contributed by atoms with Crippen molar-refractivity contribution in [3.05, 3.63) is 128 Å². The van der Waals surface area contributed by atoms with Crippen LogP contribution in [-0.4, -0.2) is 15.0 Å². The van der Waals surface area contributed by atoms with Gasteiger partial charge in [-0.3, -0.25) is 4.98 Å². The Bertz CT molecular complexity index is 1890. The second-order valence-electron chi connectivity index (χ2n) is 8.98. The number of fused-ring (bicyclic) bond motifs is 3. The smallest absolute Gasteiger partial charge is 0.0725 e. The maximum atomic E-state index is 5.08. The summed E-state index contributed by atoms with van der Waals surface area (Å²) < 4.78 is 0. The zero-order valence-electron chi connectivity index (χ0n) is 19.5. The Labute approximate surface area is 208 Å². The fourth-order valence-corrected chi connectivity index (χ4v) is 4.87. The highest BCUT2D eigenvalue weighted by Gasteiger charge is 2.09. The van der Waals surface area contributed by atoms with Crippen LogP contribution in [0.5, 0.6) is 0 Å². The zero-order chi connectivity index (χ0) is 23.9. The van der Waals surface area contributed by atoms with Crippen molar-refractivity contribution in [3.8, 4) is 33.6 Å². The highest BCUT2D eigenvalue weighted by Crippen LogP contribution is 2.31. The van der Waals surface area contributed by atoms with Crippen LogP contribution in [0.1, 0.15) is 0 Å². The first-order valence-electron chi connectivity index (χ1n) is 12.0. The molecule has 0 aliphatic heterocycles. The zero-order valence-corrected chi connectivity index (χ0v) is 19.5. The number of rotatable bonds is 3. The summed E-state index contributed by atoms with van der Waals surface area (Å²) in [5.74, 6) is 0. The molecule has 3 heterocycles. The van der Waals surface area contributed by atoms with Gasteiger partial charge < -0.3 is 0 Å². The molecule has 7 aromatic rings. The van der Waals surface area contributed by atoms with E-state index in [1.807, 2.05) is 24.4 Å². The summed E-state index contributed by atoms with van der Waals surface area (Å²) in [6, 6.07) is 40.2. The van der Waals surface area contributed by atoms with Gasteiger partial charge in [0.1, 0.15) is 0 Å². The third-order valence-electron chi connectivity index (χ3n) is 6.74. The van der Waals surface area contributed by atoms with Crippen LogP contribution in [0.4, 0.5) is 0 Å². The second-order valence-corrected chi connectivity index (χ2v) is 8.98. The molecule has 0 N–H and O–H groups in total. The normalized spacial score (nSPS) is 11.3. The lowest BCUT2D eigenvalue weighted by Crippen LogP contribution is -1.89. The largest absolute Gasteiger partial charge is 0.264 e. The number of pyridine rings is 3. The maximum Gasteiger partial charge on any atom is 0.0725 e. The number of aromatic nitrogens is 3. The van der Waals surface area contributed by atoms with Crippen molar-refractivity contribution < 1.29 is 0 Å². The molecule has 0 bridgehead atoms. The van der Waals surface area contributed by atoms with E-state index in [1.54, 1.807) is 6.20 Å². The SMILES string of the molecule is c1cncc(-c2ccc3ccc(-c4ccc5ccc(-c6cccc7ccccc67)nc5c4)cc3n2)c1. The van der Waals surface area contributed by atoms with Crippen LogP contribution in [0.3, 0.4) is 0 Å². The minimum Gasteiger partial charge on any atom is -0.264 e. The van der Waals surface area contributed by atoms with Gasteiger partial charge in [-0.1, -0.05) is 78.9 Å². The second kappa shape index (κ2) is 8.40. The van der Waals surface area contributed by atoms with Gasteiger partial charge in [0.05, 0.1) is 22.4 Å². The lowest BCUT2D eigenvalue weighted by Gasteiger charge is -2.09. The van der Waals surface area contributed by atoms with Crippen molar-refractivity contribution in [1.29, 1.82) is 0 Å². The molecule has 3 heteroatoms. The molecule has 0 fully saturated rings. The molecule has 0 unspecified atom stereocenters. The van der Waals surface area contributed by atoms with E-state index in [0.717, 1.165) is 55.4 Å². The van der Waals surface area contributed by atoms with Gasteiger partial charge in [0.15, 0.2) is 0 Å². The summed E-state index contributed by atoms with van der Waals surface area (Å²) in [4.78, 5) is 14.2. The van der Waals surface area contributed by atoms with Crippen LogP contribution in [0, 0.1) is 0 Å². The summed E-state index contributed by atoms with van der Waals surface area (Å²) >= 11 is 0. The van der Waals surface area contributed by atoms with Gasteiger partial charge in [-0.15, -0.1) is 0 Å². The van der Waals surface area contributed by atoms with E-state index in [-0.39, 0.29) is 0 Å². The molecule has 0 aliphatic carbocycles. The molecule has 168 valence electrons. The van der Waals surface area contributed by atoms with Gasteiger partial charge in [-0.05, 0) is 58.3 Å². The van der Waals surface area contributed by atoms with Crippen LogP contribution >= 0.6 is 0 Å². The summed E-state index contributed by atoms with van der Waals surface area (Å²) in [6.07, 6.45) is 3.63. The molecule has 0 saturated carbocycles. The Balaban J connectivity index is 1.32. The van der Waals surface area contributed by atoms with Crippen molar-refractivity contribution >= 4 is 32.6 Å². The number of nitrogens with zero attached hydrogens (tertiary/aromatic N) is 3. The first-order chi connectivity index (χ1) is 17.8. The van der Waals surface area contributed by atoms with Crippen LogP contribution in [0.15, 0.2) is 128 Å². The number of hydrogen-bond acceptors (Lipinski definition) is 3. The molecule has 3 nitrogen and oxygen atoms in total. The summed E-state index contributed by atoms with van der Waals surface area (Å²) in [5, 5.41) is 4.68. The third-order valence-corrected chi connectivity index (χ3v) is 6.74. The summed E-state index contributed by atoms with van der Waals surface area (Å²) in [7, 11) is 0. The quantitative estimate of drug-likeness (QED) is 0.267. The van der Waals surface area contributed by atoms with E-state index in [9.17, 15) is 0 Å². The average Bonchev–Trinajstić information content (AvgIpc) is 2.96. The Morgan fingerprint density at radius 1 is 0.444 bits per heavy atom. The van der Waals surface area contributed by atoms with Gasteiger partial charge in [0.25, 0.3) is 0 Å². The van der Waals surface area contributed by atoms with Gasteiger partial charge in [-0.25, -0.2) is 9.97 Å². The van der Waals surface area contributed by atoms with Gasteiger partial charge in [-0.2, -0.15) is 0 Å². The van der Waals surface area contributed by atoms with Crippen molar-refractivity contribution in [3.63, 3.8) is 0 Å².